The number of rotatable bonds is 6. The number of carbonyl (C=O) groups excluding carboxylic acids is 1. The second-order valence-electron chi connectivity index (χ2n) is 3.82. The molecule has 0 aliphatic heterocycles. The number of nitrogens with zero attached hydrogens (tertiary/aromatic N) is 2. The zero-order valence-electron chi connectivity index (χ0n) is 10.5. The molecule has 1 amide bonds. The lowest BCUT2D eigenvalue weighted by molar-refractivity contribution is -0.118. The van der Waals surface area contributed by atoms with Gasteiger partial charge in [0, 0.05) is 11.6 Å². The highest BCUT2D eigenvalue weighted by Gasteiger charge is 2.09. The molecule has 0 fully saturated rings. The number of hydrogen-bond donors (Lipinski definition) is 2. The number of hydrogen-bond acceptors (Lipinski definition) is 6. The molecule has 1 heterocycles. The Labute approximate surface area is 125 Å². The number of thioether (sulfide) groups is 1. The Hall–Kier alpha value is -1.57. The quantitative estimate of drug-likeness (QED) is 0.787. The van der Waals surface area contributed by atoms with Crippen molar-refractivity contribution in [2.45, 2.75) is 18.3 Å². The van der Waals surface area contributed by atoms with E-state index in [0.717, 1.165) is 17.3 Å². The van der Waals surface area contributed by atoms with Crippen molar-refractivity contribution in [2.24, 2.45) is 5.73 Å². The molecule has 0 aliphatic rings. The van der Waals surface area contributed by atoms with Gasteiger partial charge in [-0.05, 0) is 11.6 Å². The van der Waals surface area contributed by atoms with E-state index in [1.54, 1.807) is 6.07 Å². The maximum Gasteiger partial charge on any atom is 0.277 e. The first-order chi connectivity index (χ1) is 9.69. The van der Waals surface area contributed by atoms with Crippen molar-refractivity contribution in [3.63, 3.8) is 0 Å². The predicted octanol–water partition coefficient (Wildman–Crippen LogP) is 1.59. The molecule has 0 saturated carbocycles. The highest BCUT2D eigenvalue weighted by molar-refractivity contribution is 7.99. The second-order valence-corrected chi connectivity index (χ2v) is 5.16. The number of carbonyl (C=O) groups is 1. The zero-order chi connectivity index (χ0) is 14.4. The molecule has 0 atom stereocenters. The number of aromatic nitrogens is 2. The summed E-state index contributed by atoms with van der Waals surface area (Å²) in [6.45, 7) is 0.573. The summed E-state index contributed by atoms with van der Waals surface area (Å²) in [4.78, 5) is 11.7. The maximum atomic E-state index is 11.7. The average molecular weight is 313 g/mol. The fraction of sp³-hybridized carbons (Fsp3) is 0.250. The van der Waals surface area contributed by atoms with Gasteiger partial charge in [-0.15, -0.1) is 10.2 Å². The molecule has 1 aromatic carbocycles. The first-order valence-corrected chi connectivity index (χ1v) is 7.20. The van der Waals surface area contributed by atoms with Gasteiger partial charge in [0.1, 0.15) is 0 Å². The van der Waals surface area contributed by atoms with Crippen LogP contribution in [0.3, 0.4) is 0 Å². The molecule has 0 saturated heterocycles. The Morgan fingerprint density at radius 1 is 1.40 bits per heavy atom. The van der Waals surface area contributed by atoms with E-state index in [0.29, 0.717) is 22.7 Å². The lowest BCUT2D eigenvalue weighted by atomic mass is 10.2. The summed E-state index contributed by atoms with van der Waals surface area (Å²) in [6.07, 6.45) is 0. The third kappa shape index (κ3) is 4.22. The average Bonchev–Trinajstić information content (AvgIpc) is 2.92. The van der Waals surface area contributed by atoms with E-state index in [9.17, 15) is 4.79 Å². The van der Waals surface area contributed by atoms with E-state index < -0.39 is 0 Å². The summed E-state index contributed by atoms with van der Waals surface area (Å²) in [5.74, 6) is 0.405. The van der Waals surface area contributed by atoms with Crippen LogP contribution in [0.2, 0.25) is 5.02 Å². The van der Waals surface area contributed by atoms with Gasteiger partial charge < -0.3 is 15.5 Å². The van der Waals surface area contributed by atoms with Crippen LogP contribution in [-0.2, 0) is 17.9 Å². The fourth-order valence-corrected chi connectivity index (χ4v) is 2.21. The lowest BCUT2D eigenvalue weighted by Crippen LogP contribution is -2.24. The molecular formula is C12H13ClN4O2S. The third-order valence-electron chi connectivity index (χ3n) is 2.38. The first-order valence-electron chi connectivity index (χ1n) is 5.84. The van der Waals surface area contributed by atoms with E-state index >= 15 is 0 Å². The molecule has 3 N–H and O–H groups in total. The van der Waals surface area contributed by atoms with E-state index in [4.69, 9.17) is 21.8 Å². The van der Waals surface area contributed by atoms with Crippen molar-refractivity contribution in [1.82, 2.24) is 15.5 Å². The first kappa shape index (κ1) is 14.8. The molecule has 0 spiro atoms. The van der Waals surface area contributed by atoms with Crippen molar-refractivity contribution in [3.05, 3.63) is 40.7 Å². The predicted molar refractivity (Wildman–Crippen MR) is 76.2 cm³/mol. The van der Waals surface area contributed by atoms with Gasteiger partial charge in [0.2, 0.25) is 11.8 Å². The monoisotopic (exact) mass is 312 g/mol. The Bertz CT molecular complexity index is 590. The number of nitrogens with one attached hydrogen (secondary N) is 1. The second kappa shape index (κ2) is 7.28. The van der Waals surface area contributed by atoms with Crippen LogP contribution in [-0.4, -0.2) is 21.9 Å². The van der Waals surface area contributed by atoms with Crippen LogP contribution in [0.4, 0.5) is 0 Å². The van der Waals surface area contributed by atoms with Gasteiger partial charge in [-0.3, -0.25) is 4.79 Å². The van der Waals surface area contributed by atoms with Crippen LogP contribution in [0.15, 0.2) is 33.9 Å². The molecular weight excluding hydrogens is 300 g/mol. The van der Waals surface area contributed by atoms with Crippen molar-refractivity contribution in [2.75, 3.05) is 5.75 Å². The number of benzene rings is 1. The Balaban J connectivity index is 1.77. The molecule has 106 valence electrons. The Morgan fingerprint density at radius 3 is 2.90 bits per heavy atom. The van der Waals surface area contributed by atoms with Gasteiger partial charge in [0.05, 0.1) is 12.3 Å². The standard InChI is InChI=1S/C12H13ClN4O2S/c13-9-4-2-1-3-8(9)6-15-10(18)7-20-12-17-16-11(5-14)19-12/h1-4H,5-7,14H2,(H,15,18). The van der Waals surface area contributed by atoms with E-state index in [1.807, 2.05) is 18.2 Å². The zero-order valence-corrected chi connectivity index (χ0v) is 12.1. The van der Waals surface area contributed by atoms with Crippen LogP contribution in [0, 0.1) is 0 Å². The summed E-state index contributed by atoms with van der Waals surface area (Å²) < 4.78 is 5.18. The highest BCUT2D eigenvalue weighted by Crippen LogP contribution is 2.16. The van der Waals surface area contributed by atoms with Gasteiger partial charge in [0.25, 0.3) is 5.22 Å². The third-order valence-corrected chi connectivity index (χ3v) is 3.57. The van der Waals surface area contributed by atoms with Gasteiger partial charge in [-0.1, -0.05) is 41.6 Å². The molecule has 2 rings (SSSR count). The van der Waals surface area contributed by atoms with Crippen LogP contribution in [0.25, 0.3) is 0 Å². The molecule has 0 radical (unpaired) electrons. The SMILES string of the molecule is NCc1nnc(SCC(=O)NCc2ccccc2Cl)o1. The molecule has 20 heavy (non-hydrogen) atoms. The summed E-state index contributed by atoms with van der Waals surface area (Å²) in [6, 6.07) is 7.36. The minimum Gasteiger partial charge on any atom is -0.415 e. The van der Waals surface area contributed by atoms with Crippen molar-refractivity contribution in [1.29, 1.82) is 0 Å². The van der Waals surface area contributed by atoms with Crippen molar-refractivity contribution in [3.8, 4) is 0 Å². The molecule has 2 aromatic rings. The number of amides is 1. The number of halogens is 1. The van der Waals surface area contributed by atoms with Gasteiger partial charge in [0.15, 0.2) is 0 Å². The lowest BCUT2D eigenvalue weighted by Gasteiger charge is -2.05. The van der Waals surface area contributed by atoms with E-state index in [-0.39, 0.29) is 18.2 Å². The molecule has 0 bridgehead atoms. The number of nitrogens with two attached hydrogens (primary N) is 1. The minimum absolute atomic E-state index is 0.137. The summed E-state index contributed by atoms with van der Waals surface area (Å²) >= 11 is 7.16. The van der Waals surface area contributed by atoms with Crippen LogP contribution < -0.4 is 11.1 Å². The fourth-order valence-electron chi connectivity index (χ4n) is 1.39. The molecule has 0 aliphatic carbocycles. The Morgan fingerprint density at radius 2 is 2.20 bits per heavy atom. The van der Waals surface area contributed by atoms with Gasteiger partial charge in [-0.2, -0.15) is 0 Å². The molecule has 6 nitrogen and oxygen atoms in total. The minimum atomic E-state index is -0.137. The van der Waals surface area contributed by atoms with E-state index in [1.165, 1.54) is 0 Å². The summed E-state index contributed by atoms with van der Waals surface area (Å²) in [7, 11) is 0. The van der Waals surface area contributed by atoms with Crippen LogP contribution >= 0.6 is 23.4 Å². The van der Waals surface area contributed by atoms with Gasteiger partial charge in [-0.25, -0.2) is 0 Å². The summed E-state index contributed by atoms with van der Waals surface area (Å²) in [5.41, 5.74) is 6.22. The smallest absolute Gasteiger partial charge is 0.277 e. The van der Waals surface area contributed by atoms with Crippen LogP contribution in [0.5, 0.6) is 0 Å². The Kier molecular flexibility index (Phi) is 5.40. The van der Waals surface area contributed by atoms with Crippen molar-refractivity contribution < 1.29 is 9.21 Å². The largest absolute Gasteiger partial charge is 0.415 e. The highest BCUT2D eigenvalue weighted by atomic mass is 35.5. The molecule has 8 heteroatoms. The molecule has 0 unspecified atom stereocenters. The normalized spacial score (nSPS) is 10.5. The maximum absolute atomic E-state index is 11.7. The van der Waals surface area contributed by atoms with E-state index in [2.05, 4.69) is 15.5 Å². The van der Waals surface area contributed by atoms with Gasteiger partial charge >= 0.3 is 0 Å². The molecule has 1 aromatic heterocycles. The van der Waals surface area contributed by atoms with Crippen molar-refractivity contribution >= 4 is 29.3 Å². The summed E-state index contributed by atoms with van der Waals surface area (Å²) in [5, 5.41) is 11.2. The topological polar surface area (TPSA) is 94.0 Å². The van der Waals surface area contributed by atoms with Crippen LogP contribution in [0.1, 0.15) is 11.5 Å².